The van der Waals surface area contributed by atoms with Gasteiger partial charge in [0.15, 0.2) is 11.5 Å². The number of amides is 2. The molecule has 0 radical (unpaired) electrons. The van der Waals surface area contributed by atoms with Crippen molar-refractivity contribution < 1.29 is 34.1 Å². The molecule has 0 bridgehead atoms. The smallest absolute Gasteiger partial charge is 0.308 e. The lowest BCUT2D eigenvalue weighted by Gasteiger charge is -2.31. The Balaban J connectivity index is 1.41. The van der Waals surface area contributed by atoms with Gasteiger partial charge in [-0.2, -0.15) is 0 Å². The van der Waals surface area contributed by atoms with Crippen molar-refractivity contribution >= 4 is 23.5 Å². The Labute approximate surface area is 240 Å². The number of ether oxygens (including phenoxy) is 2. The van der Waals surface area contributed by atoms with Crippen LogP contribution in [0, 0.1) is 5.92 Å². The van der Waals surface area contributed by atoms with E-state index in [0.29, 0.717) is 56.9 Å². The first-order valence-corrected chi connectivity index (χ1v) is 14.5. The fourth-order valence-corrected chi connectivity index (χ4v) is 6.40. The van der Waals surface area contributed by atoms with E-state index in [0.717, 1.165) is 29.7 Å². The summed E-state index contributed by atoms with van der Waals surface area (Å²) in [5.41, 5.74) is 2.67. The molecule has 10 heteroatoms. The van der Waals surface area contributed by atoms with Crippen molar-refractivity contribution in [3.63, 3.8) is 0 Å². The molecule has 5 rings (SSSR count). The third kappa shape index (κ3) is 6.18. The molecule has 2 aromatic carbocycles. The van der Waals surface area contributed by atoms with Gasteiger partial charge in [-0.25, -0.2) is 0 Å². The van der Waals surface area contributed by atoms with E-state index in [1.807, 2.05) is 41.3 Å². The quantitative estimate of drug-likeness (QED) is 0.381. The van der Waals surface area contributed by atoms with Crippen molar-refractivity contribution in [1.29, 1.82) is 0 Å². The number of hydrogen-bond acceptors (Lipinski definition) is 7. The molecule has 2 aromatic rings. The number of carboxylic acid groups (broad SMARTS) is 1. The topological polar surface area (TPSA) is 120 Å². The Hall–Kier alpha value is -3.63. The highest BCUT2D eigenvalue weighted by atomic mass is 16.7. The Bertz CT molecular complexity index is 1260. The van der Waals surface area contributed by atoms with Crippen LogP contribution in [0.2, 0.25) is 0 Å². The lowest BCUT2D eigenvalue weighted by Crippen LogP contribution is -2.46. The Kier molecular flexibility index (Phi) is 9.09. The zero-order chi connectivity index (χ0) is 28.9. The molecule has 0 aromatic heterocycles. The van der Waals surface area contributed by atoms with Gasteiger partial charge in [0, 0.05) is 50.4 Å². The predicted octanol–water partition coefficient (Wildman–Crippen LogP) is 2.87. The number of likely N-dealkylation sites (tertiary alicyclic amines) is 1. The van der Waals surface area contributed by atoms with Crippen molar-refractivity contribution in [2.24, 2.45) is 5.92 Å². The summed E-state index contributed by atoms with van der Waals surface area (Å²) in [6.45, 7) is 4.09. The number of hydrogen-bond donors (Lipinski definition) is 2. The zero-order valence-electron chi connectivity index (χ0n) is 23.5. The maximum Gasteiger partial charge on any atom is 0.308 e. The third-order valence-electron chi connectivity index (χ3n) is 8.49. The molecule has 3 atom stereocenters. The molecule has 3 aliphatic rings. The number of carboxylic acids is 1. The van der Waals surface area contributed by atoms with Gasteiger partial charge in [-0.15, -0.1) is 0 Å². The van der Waals surface area contributed by atoms with Crippen molar-refractivity contribution in [3.05, 3.63) is 53.6 Å². The third-order valence-corrected chi connectivity index (χ3v) is 8.49. The number of anilines is 1. The number of unbranched alkanes of at least 4 members (excludes halogenated alkanes) is 1. The second kappa shape index (κ2) is 12.9. The number of fused-ring (bicyclic) bond motifs is 2. The first-order chi connectivity index (χ1) is 19.9. The maximum absolute atomic E-state index is 13.6. The average molecular weight is 566 g/mol. The Morgan fingerprint density at radius 2 is 1.85 bits per heavy atom. The van der Waals surface area contributed by atoms with Crippen molar-refractivity contribution in [1.82, 2.24) is 9.80 Å². The second-order valence-electron chi connectivity index (χ2n) is 11.0. The van der Waals surface area contributed by atoms with Crippen molar-refractivity contribution in [2.45, 2.75) is 51.0 Å². The van der Waals surface area contributed by atoms with Crippen LogP contribution in [0.3, 0.4) is 0 Å². The van der Waals surface area contributed by atoms with E-state index in [4.69, 9.17) is 9.47 Å². The maximum atomic E-state index is 13.6. The summed E-state index contributed by atoms with van der Waals surface area (Å²) in [6.07, 6.45) is 3.04. The van der Waals surface area contributed by atoms with Crippen LogP contribution in [0.25, 0.3) is 0 Å². The van der Waals surface area contributed by atoms with Crippen molar-refractivity contribution in [3.8, 4) is 11.5 Å². The van der Waals surface area contributed by atoms with Crippen LogP contribution in [0.4, 0.5) is 5.69 Å². The molecule has 0 spiro atoms. The minimum atomic E-state index is -0.927. The van der Waals surface area contributed by atoms with Crippen LogP contribution in [-0.4, -0.2) is 90.0 Å². The second-order valence-corrected chi connectivity index (χ2v) is 11.0. The highest BCUT2D eigenvalue weighted by Gasteiger charge is 2.47. The number of aliphatic hydroxyl groups is 1. The van der Waals surface area contributed by atoms with Crippen LogP contribution >= 0.6 is 0 Å². The number of carbonyl (C=O) groups excluding carboxylic acids is 2. The molecule has 3 aliphatic heterocycles. The number of carbonyl (C=O) groups is 3. The summed E-state index contributed by atoms with van der Waals surface area (Å²) in [5.74, 6) is -0.934. The first kappa shape index (κ1) is 28.9. The number of rotatable bonds is 13. The van der Waals surface area contributed by atoms with Crippen LogP contribution in [0.15, 0.2) is 42.5 Å². The van der Waals surface area contributed by atoms with Gasteiger partial charge in [-0.3, -0.25) is 19.3 Å². The molecular formula is C31H39N3O7. The summed E-state index contributed by atoms with van der Waals surface area (Å²) < 4.78 is 11.0. The first-order valence-electron chi connectivity index (χ1n) is 14.5. The van der Waals surface area contributed by atoms with Crippen LogP contribution in [-0.2, 0) is 20.8 Å². The summed E-state index contributed by atoms with van der Waals surface area (Å²) in [4.78, 5) is 44.8. The fraction of sp³-hybridized carbons (Fsp3) is 0.516. The van der Waals surface area contributed by atoms with Crippen molar-refractivity contribution in [2.75, 3.05) is 51.0 Å². The highest BCUT2D eigenvalue weighted by molar-refractivity contribution is 6.01. The minimum absolute atomic E-state index is 0.000707. The van der Waals surface area contributed by atoms with E-state index >= 15 is 0 Å². The molecule has 10 nitrogen and oxygen atoms in total. The zero-order valence-corrected chi connectivity index (χ0v) is 23.5. The largest absolute Gasteiger partial charge is 0.481 e. The Morgan fingerprint density at radius 1 is 1.07 bits per heavy atom. The number of nitrogens with zero attached hydrogens (tertiary/aromatic N) is 3. The van der Waals surface area contributed by atoms with E-state index in [9.17, 15) is 24.6 Å². The fourth-order valence-electron chi connectivity index (χ4n) is 6.40. The monoisotopic (exact) mass is 565 g/mol. The molecule has 41 heavy (non-hydrogen) atoms. The minimum Gasteiger partial charge on any atom is -0.481 e. The molecule has 220 valence electrons. The molecule has 0 aliphatic carbocycles. The number of aliphatic carboxylic acids is 1. The lowest BCUT2D eigenvalue weighted by atomic mass is 9.84. The summed E-state index contributed by atoms with van der Waals surface area (Å²) in [7, 11) is 0. The van der Waals surface area contributed by atoms with Gasteiger partial charge in [0.1, 0.15) is 0 Å². The van der Waals surface area contributed by atoms with E-state index in [1.54, 1.807) is 15.9 Å². The molecule has 1 fully saturated rings. The predicted molar refractivity (Wildman–Crippen MR) is 152 cm³/mol. The molecule has 3 heterocycles. The summed E-state index contributed by atoms with van der Waals surface area (Å²) >= 11 is 0. The van der Waals surface area contributed by atoms with E-state index in [-0.39, 0.29) is 37.7 Å². The highest BCUT2D eigenvalue weighted by Crippen LogP contribution is 2.43. The Morgan fingerprint density at radius 3 is 2.63 bits per heavy atom. The van der Waals surface area contributed by atoms with E-state index in [2.05, 4.69) is 6.92 Å². The van der Waals surface area contributed by atoms with E-state index < -0.39 is 17.9 Å². The van der Waals surface area contributed by atoms with E-state index in [1.165, 1.54) is 0 Å². The molecule has 1 unspecified atom stereocenters. The number of aliphatic hydroxyl groups excluding tert-OH is 1. The van der Waals surface area contributed by atoms with Gasteiger partial charge in [-0.1, -0.05) is 37.6 Å². The molecule has 2 amide bonds. The average Bonchev–Trinajstić information content (AvgIpc) is 3.66. The van der Waals surface area contributed by atoms with Crippen LogP contribution in [0.1, 0.15) is 49.7 Å². The molecule has 1 saturated heterocycles. The standard InChI is InChI=1S/C31H39N3O7/c1-2-3-12-32(13-6-15-35)29(37)19-33-18-23(21-9-10-26-27(16-21)41-20-40-26)30(31(38)39)25(33)11-14-34-24-8-5-4-7-22(24)17-28(34)36/h4-5,7-10,16,23,25,30,35H,2-3,6,11-15,17-20H2,1H3,(H,38,39)/t23-,25+,30?/m1/s1. The lowest BCUT2D eigenvalue weighted by molar-refractivity contribution is -0.143. The van der Waals surface area contributed by atoms with Gasteiger partial charge in [0.2, 0.25) is 18.6 Å². The molecular weight excluding hydrogens is 526 g/mol. The van der Waals surface area contributed by atoms with Gasteiger partial charge < -0.3 is 29.5 Å². The summed E-state index contributed by atoms with van der Waals surface area (Å²) in [5, 5.41) is 19.9. The normalized spacial score (nSPS) is 21.4. The molecule has 0 saturated carbocycles. The van der Waals surface area contributed by atoms with Gasteiger partial charge in [-0.05, 0) is 48.6 Å². The molecule has 2 N–H and O–H groups in total. The van der Waals surface area contributed by atoms with Crippen LogP contribution in [0.5, 0.6) is 11.5 Å². The number of para-hydroxylation sites is 1. The summed E-state index contributed by atoms with van der Waals surface area (Å²) in [6, 6.07) is 12.8. The SMILES string of the molecule is CCCCN(CCCO)C(=O)CN1C[C@H](c2ccc3c(c2)OCO3)C(C(=O)O)[C@@H]1CCN1C(=O)Cc2ccccc21. The van der Waals surface area contributed by atoms with Gasteiger partial charge in [0.25, 0.3) is 0 Å². The van der Waals surface area contributed by atoms with Crippen LogP contribution < -0.4 is 14.4 Å². The van der Waals surface area contributed by atoms with Gasteiger partial charge in [0.05, 0.1) is 18.9 Å². The van der Waals surface area contributed by atoms with Gasteiger partial charge >= 0.3 is 5.97 Å². The number of benzene rings is 2.